The average molecular weight is 322 g/mol. The number of hydrogen-bond donors (Lipinski definition) is 1. The zero-order valence-electron chi connectivity index (χ0n) is 12.5. The molecular formula is C14H18N4O5. The highest BCUT2D eigenvalue weighted by Gasteiger charge is 2.27. The van der Waals surface area contributed by atoms with Crippen LogP contribution < -0.4 is 10.2 Å². The number of carbonyl (C=O) groups is 1. The third-order valence-electron chi connectivity index (χ3n) is 3.70. The Bertz CT molecular complexity index is 575. The van der Waals surface area contributed by atoms with Crippen molar-refractivity contribution >= 4 is 17.6 Å². The molecule has 2 fully saturated rings. The summed E-state index contributed by atoms with van der Waals surface area (Å²) in [6.07, 6.45) is 2.86. The summed E-state index contributed by atoms with van der Waals surface area (Å²) in [4.78, 5) is 27.5. The number of rotatable bonds is 5. The summed E-state index contributed by atoms with van der Waals surface area (Å²) in [5, 5.41) is 13.3. The Hall–Kier alpha value is -2.42. The van der Waals surface area contributed by atoms with E-state index in [1.807, 2.05) is 4.90 Å². The fourth-order valence-corrected chi connectivity index (χ4v) is 2.33. The number of pyridine rings is 1. The average Bonchev–Trinajstić information content (AvgIpc) is 3.37. The second-order valence-corrected chi connectivity index (χ2v) is 5.56. The van der Waals surface area contributed by atoms with Crippen LogP contribution in [-0.4, -0.2) is 54.4 Å². The van der Waals surface area contributed by atoms with Gasteiger partial charge in [-0.25, -0.2) is 4.79 Å². The minimum atomic E-state index is -0.526. The molecule has 9 nitrogen and oxygen atoms in total. The predicted octanol–water partition coefficient (Wildman–Crippen LogP) is 1.08. The molecule has 2 aliphatic rings. The lowest BCUT2D eigenvalue weighted by atomic mass is 10.2. The summed E-state index contributed by atoms with van der Waals surface area (Å²) in [5.74, 6) is -0.178. The smallest absolute Gasteiger partial charge is 0.407 e. The summed E-state index contributed by atoms with van der Waals surface area (Å²) in [6.45, 7) is 2.12. The first kappa shape index (κ1) is 15.5. The monoisotopic (exact) mass is 322 g/mol. The van der Waals surface area contributed by atoms with Crippen molar-refractivity contribution in [3.8, 4) is 0 Å². The molecule has 0 spiro atoms. The van der Waals surface area contributed by atoms with E-state index in [4.69, 9.17) is 9.47 Å². The molecule has 1 saturated heterocycles. The summed E-state index contributed by atoms with van der Waals surface area (Å²) in [7, 11) is 0. The van der Waals surface area contributed by atoms with E-state index in [9.17, 15) is 14.9 Å². The van der Waals surface area contributed by atoms with E-state index in [2.05, 4.69) is 10.3 Å². The van der Waals surface area contributed by atoms with Gasteiger partial charge in [-0.1, -0.05) is 0 Å². The molecule has 1 aromatic heterocycles. The van der Waals surface area contributed by atoms with Crippen LogP contribution in [0.25, 0.3) is 0 Å². The van der Waals surface area contributed by atoms with Crippen LogP contribution in [0, 0.1) is 10.1 Å². The van der Waals surface area contributed by atoms with E-state index in [0.29, 0.717) is 26.2 Å². The zero-order chi connectivity index (χ0) is 16.2. The summed E-state index contributed by atoms with van der Waals surface area (Å²) < 4.78 is 10.7. The second kappa shape index (κ2) is 6.78. The molecule has 0 bridgehead atoms. The maximum absolute atomic E-state index is 11.5. The Morgan fingerprint density at radius 3 is 3.00 bits per heavy atom. The molecule has 124 valence electrons. The van der Waals surface area contributed by atoms with E-state index in [-0.39, 0.29) is 18.0 Å². The Kier molecular flexibility index (Phi) is 4.56. The number of carbonyl (C=O) groups excluding carboxylic acids is 1. The first-order valence-corrected chi connectivity index (χ1v) is 7.53. The molecule has 0 aromatic carbocycles. The second-order valence-electron chi connectivity index (χ2n) is 5.56. The maximum atomic E-state index is 11.5. The van der Waals surface area contributed by atoms with Crippen molar-refractivity contribution in [3.05, 3.63) is 28.4 Å². The topological polar surface area (TPSA) is 107 Å². The maximum Gasteiger partial charge on any atom is 0.407 e. The Morgan fingerprint density at radius 2 is 2.35 bits per heavy atom. The molecule has 1 aliphatic carbocycles. The molecule has 3 rings (SSSR count). The number of aromatic nitrogens is 1. The van der Waals surface area contributed by atoms with E-state index < -0.39 is 11.0 Å². The standard InChI is InChI=1S/C14H18N4O5/c19-14(23-11-2-3-11)16-8-12-9-17(5-6-22-12)10-1-4-13(15-7-10)18(20)21/h1,4,7,11-12H,2-3,5-6,8-9H2,(H,16,19)/t12-/m0/s1. The largest absolute Gasteiger partial charge is 0.446 e. The highest BCUT2D eigenvalue weighted by molar-refractivity contribution is 5.67. The Morgan fingerprint density at radius 1 is 1.52 bits per heavy atom. The van der Waals surface area contributed by atoms with E-state index >= 15 is 0 Å². The molecule has 23 heavy (non-hydrogen) atoms. The quantitative estimate of drug-likeness (QED) is 0.638. The normalized spacial score (nSPS) is 20.9. The molecule has 1 aliphatic heterocycles. The van der Waals surface area contributed by atoms with Crippen molar-refractivity contribution in [2.75, 3.05) is 31.1 Å². The van der Waals surface area contributed by atoms with Gasteiger partial charge < -0.3 is 29.8 Å². The van der Waals surface area contributed by atoms with Crippen molar-refractivity contribution in [1.29, 1.82) is 0 Å². The van der Waals surface area contributed by atoms with Crippen molar-refractivity contribution in [3.63, 3.8) is 0 Å². The summed E-state index contributed by atoms with van der Waals surface area (Å²) in [5.41, 5.74) is 0.796. The first-order valence-electron chi connectivity index (χ1n) is 7.53. The van der Waals surface area contributed by atoms with Gasteiger partial charge in [-0.3, -0.25) is 0 Å². The van der Waals surface area contributed by atoms with Crippen molar-refractivity contribution < 1.29 is 19.2 Å². The lowest BCUT2D eigenvalue weighted by molar-refractivity contribution is -0.389. The van der Waals surface area contributed by atoms with Gasteiger partial charge in [0.1, 0.15) is 6.10 Å². The van der Waals surface area contributed by atoms with E-state index in [1.165, 1.54) is 12.3 Å². The summed E-state index contributed by atoms with van der Waals surface area (Å²) in [6, 6.07) is 3.05. The number of anilines is 1. The Labute approximate surface area is 132 Å². The lowest BCUT2D eigenvalue weighted by Gasteiger charge is -2.33. The molecule has 1 N–H and O–H groups in total. The molecule has 1 saturated carbocycles. The van der Waals surface area contributed by atoms with Crippen molar-refractivity contribution in [2.45, 2.75) is 25.0 Å². The van der Waals surface area contributed by atoms with E-state index in [1.54, 1.807) is 6.07 Å². The minimum Gasteiger partial charge on any atom is -0.446 e. The van der Waals surface area contributed by atoms with Gasteiger partial charge in [-0.15, -0.1) is 0 Å². The van der Waals surface area contributed by atoms with Gasteiger partial charge in [-0.05, 0) is 28.8 Å². The number of nitro groups is 1. The zero-order valence-corrected chi connectivity index (χ0v) is 12.5. The van der Waals surface area contributed by atoms with Crippen molar-refractivity contribution in [1.82, 2.24) is 10.3 Å². The van der Waals surface area contributed by atoms with Crippen LogP contribution >= 0.6 is 0 Å². The van der Waals surface area contributed by atoms with Gasteiger partial charge in [0.2, 0.25) is 0 Å². The third kappa shape index (κ3) is 4.28. The van der Waals surface area contributed by atoms with Gasteiger partial charge >= 0.3 is 11.9 Å². The predicted molar refractivity (Wildman–Crippen MR) is 80.4 cm³/mol. The molecule has 1 amide bonds. The van der Waals surface area contributed by atoms with Crippen molar-refractivity contribution in [2.24, 2.45) is 0 Å². The number of hydrogen-bond acceptors (Lipinski definition) is 7. The molecule has 1 aromatic rings. The fraction of sp³-hybridized carbons (Fsp3) is 0.571. The van der Waals surface area contributed by atoms with Crippen LogP contribution in [0.2, 0.25) is 0 Å². The van der Waals surface area contributed by atoms with Crippen LogP contribution in [0.5, 0.6) is 0 Å². The van der Waals surface area contributed by atoms with Crippen LogP contribution in [0.4, 0.5) is 16.3 Å². The number of nitrogens with zero attached hydrogens (tertiary/aromatic N) is 3. The summed E-state index contributed by atoms with van der Waals surface area (Å²) >= 11 is 0. The van der Waals surface area contributed by atoms with Crippen LogP contribution in [0.3, 0.4) is 0 Å². The Balaban J connectivity index is 1.50. The molecule has 9 heteroatoms. The molecule has 2 heterocycles. The van der Waals surface area contributed by atoms with Crippen LogP contribution in [0.15, 0.2) is 18.3 Å². The minimum absolute atomic E-state index is 0.0740. The van der Waals surface area contributed by atoms with Crippen LogP contribution in [-0.2, 0) is 9.47 Å². The molecule has 0 unspecified atom stereocenters. The number of alkyl carbamates (subject to hydrolysis) is 1. The highest BCUT2D eigenvalue weighted by atomic mass is 16.6. The van der Waals surface area contributed by atoms with Gasteiger partial charge in [-0.2, -0.15) is 0 Å². The van der Waals surface area contributed by atoms with Gasteiger partial charge in [0.25, 0.3) is 0 Å². The number of amides is 1. The number of nitrogens with one attached hydrogen (secondary N) is 1. The first-order chi connectivity index (χ1) is 11.1. The van der Waals surface area contributed by atoms with Gasteiger partial charge in [0.15, 0.2) is 6.20 Å². The molecule has 1 atom stereocenters. The number of morpholine rings is 1. The molecule has 0 radical (unpaired) electrons. The highest BCUT2D eigenvalue weighted by Crippen LogP contribution is 2.23. The number of ether oxygens (including phenoxy) is 2. The lowest BCUT2D eigenvalue weighted by Crippen LogP contribution is -2.47. The van der Waals surface area contributed by atoms with E-state index in [0.717, 1.165) is 18.5 Å². The third-order valence-corrected chi connectivity index (χ3v) is 3.70. The van der Waals surface area contributed by atoms with Gasteiger partial charge in [0.05, 0.1) is 18.4 Å². The van der Waals surface area contributed by atoms with Gasteiger partial charge in [0, 0.05) is 25.7 Å². The van der Waals surface area contributed by atoms with Crippen LogP contribution in [0.1, 0.15) is 12.8 Å². The SMILES string of the molecule is O=C(NC[C@H]1CN(c2ccc([N+](=O)[O-])nc2)CCO1)OC1CC1. The molecular weight excluding hydrogens is 304 g/mol. The fourth-order valence-electron chi connectivity index (χ4n) is 2.33.